The minimum atomic E-state index is -0.977. The molecule has 2 unspecified atom stereocenters. The largest absolute Gasteiger partial charge is 0.492 e. The highest BCUT2D eigenvalue weighted by atomic mass is 35.5. The molecule has 1 saturated carbocycles. The number of nitrogens with zero attached hydrogens (tertiary/aromatic N) is 3. The monoisotopic (exact) mass is 421 g/mol. The molecule has 2 aromatic rings. The lowest BCUT2D eigenvalue weighted by molar-refractivity contribution is 0.0696. The van der Waals surface area contributed by atoms with Crippen molar-refractivity contribution in [2.24, 2.45) is 16.9 Å². The van der Waals surface area contributed by atoms with Crippen LogP contribution >= 0.6 is 11.6 Å². The molecule has 0 saturated heterocycles. The van der Waals surface area contributed by atoms with Crippen molar-refractivity contribution < 1.29 is 14.6 Å². The summed E-state index contributed by atoms with van der Waals surface area (Å²) in [6.45, 7) is 0.469. The first-order valence-electron chi connectivity index (χ1n) is 10.1. The Morgan fingerprint density at radius 1 is 1.23 bits per heavy atom. The Bertz CT molecular complexity index is 1100. The van der Waals surface area contributed by atoms with E-state index in [9.17, 15) is 15.2 Å². The lowest BCUT2D eigenvalue weighted by Gasteiger charge is -2.34. The van der Waals surface area contributed by atoms with E-state index in [1.165, 1.54) is 12.8 Å². The van der Waals surface area contributed by atoms with Crippen LogP contribution in [-0.4, -0.2) is 29.4 Å². The second-order valence-corrected chi connectivity index (χ2v) is 8.48. The molecule has 7 heteroatoms. The van der Waals surface area contributed by atoms with E-state index in [4.69, 9.17) is 21.4 Å². The topological polar surface area (TPSA) is 85.9 Å². The van der Waals surface area contributed by atoms with Crippen molar-refractivity contribution in [1.29, 1.82) is 5.26 Å². The van der Waals surface area contributed by atoms with Gasteiger partial charge in [0, 0.05) is 5.56 Å². The number of halogens is 1. The van der Waals surface area contributed by atoms with Gasteiger partial charge in [-0.05, 0) is 55.2 Å². The Balaban J connectivity index is 1.59. The number of carbonyl (C=O) groups is 1. The fraction of sp³-hybridized carbons (Fsp3) is 0.348. The number of carboxylic acid groups (broad SMARTS) is 1. The molecular formula is C23H20ClN3O3. The van der Waals surface area contributed by atoms with Gasteiger partial charge in [-0.15, -0.1) is 0 Å². The molecule has 0 spiro atoms. The second kappa shape index (κ2) is 7.33. The molecular weight excluding hydrogens is 402 g/mol. The van der Waals surface area contributed by atoms with Crippen LogP contribution < -0.4 is 9.75 Å². The van der Waals surface area contributed by atoms with Crippen LogP contribution in [0.2, 0.25) is 5.02 Å². The van der Waals surface area contributed by atoms with Gasteiger partial charge in [0.05, 0.1) is 46.1 Å². The SMILES string of the molecule is N#Cc1ccc(N2N=C3c4ccc(C(=O)O)cc4OCC3C2C2CCCC2)cc1Cl. The van der Waals surface area contributed by atoms with Crippen molar-refractivity contribution in [1.82, 2.24) is 0 Å². The molecule has 2 aromatic carbocycles. The van der Waals surface area contributed by atoms with Gasteiger partial charge in [0.2, 0.25) is 0 Å². The summed E-state index contributed by atoms with van der Waals surface area (Å²) in [4.78, 5) is 11.3. The van der Waals surface area contributed by atoms with Crippen molar-refractivity contribution in [3.05, 3.63) is 58.1 Å². The van der Waals surface area contributed by atoms with E-state index in [-0.39, 0.29) is 17.5 Å². The Labute approximate surface area is 179 Å². The summed E-state index contributed by atoms with van der Waals surface area (Å²) >= 11 is 6.32. The highest BCUT2D eigenvalue weighted by molar-refractivity contribution is 6.32. The summed E-state index contributed by atoms with van der Waals surface area (Å²) in [5.74, 6) is 0.184. The average molecular weight is 422 g/mol. The number of ether oxygens (including phenoxy) is 1. The van der Waals surface area contributed by atoms with Crippen LogP contribution in [0, 0.1) is 23.2 Å². The summed E-state index contributed by atoms with van der Waals surface area (Å²) in [5, 5.41) is 26.0. The number of hydrazone groups is 1. The van der Waals surface area contributed by atoms with Gasteiger partial charge in [0.1, 0.15) is 11.8 Å². The highest BCUT2D eigenvalue weighted by Crippen LogP contribution is 2.44. The number of hydrogen-bond acceptors (Lipinski definition) is 5. The zero-order valence-electron chi connectivity index (χ0n) is 16.2. The molecule has 0 radical (unpaired) electrons. The van der Waals surface area contributed by atoms with E-state index in [0.717, 1.165) is 29.8 Å². The predicted molar refractivity (Wildman–Crippen MR) is 113 cm³/mol. The zero-order valence-corrected chi connectivity index (χ0v) is 17.0. The molecule has 1 fully saturated rings. The maximum absolute atomic E-state index is 11.3. The van der Waals surface area contributed by atoms with Gasteiger partial charge in [-0.25, -0.2) is 4.79 Å². The molecule has 5 rings (SSSR count). The van der Waals surface area contributed by atoms with Gasteiger partial charge in [-0.2, -0.15) is 10.4 Å². The molecule has 152 valence electrons. The third-order valence-corrected chi connectivity index (χ3v) is 6.72. The van der Waals surface area contributed by atoms with E-state index in [2.05, 4.69) is 6.07 Å². The van der Waals surface area contributed by atoms with Crippen molar-refractivity contribution in [3.63, 3.8) is 0 Å². The number of nitriles is 1. The fourth-order valence-corrected chi connectivity index (χ4v) is 5.20. The number of hydrogen-bond donors (Lipinski definition) is 1. The first-order valence-corrected chi connectivity index (χ1v) is 10.5. The van der Waals surface area contributed by atoms with Crippen molar-refractivity contribution in [2.75, 3.05) is 11.6 Å². The van der Waals surface area contributed by atoms with Crippen molar-refractivity contribution >= 4 is 29.0 Å². The summed E-state index contributed by atoms with van der Waals surface area (Å²) in [6.07, 6.45) is 4.72. The normalized spacial score (nSPS) is 22.7. The minimum Gasteiger partial charge on any atom is -0.492 e. The Morgan fingerprint density at radius 2 is 2.03 bits per heavy atom. The molecule has 3 aliphatic rings. The Kier molecular flexibility index (Phi) is 4.63. The van der Waals surface area contributed by atoms with Crippen LogP contribution in [0.4, 0.5) is 5.69 Å². The molecule has 2 aliphatic heterocycles. The quantitative estimate of drug-likeness (QED) is 0.776. The van der Waals surface area contributed by atoms with Gasteiger partial charge in [0.15, 0.2) is 0 Å². The molecule has 0 aromatic heterocycles. The smallest absolute Gasteiger partial charge is 0.335 e. The first kappa shape index (κ1) is 19.0. The van der Waals surface area contributed by atoms with Gasteiger partial charge < -0.3 is 9.84 Å². The van der Waals surface area contributed by atoms with Crippen LogP contribution in [0.5, 0.6) is 5.75 Å². The van der Waals surface area contributed by atoms with Crippen LogP contribution in [0.25, 0.3) is 0 Å². The standard InChI is InChI=1S/C23H20ClN3O3/c24-19-10-16(7-5-15(19)11-25)27-22(13-3-1-2-4-13)18-12-30-20-9-14(23(28)29)6-8-17(20)21(18)26-27/h5-10,13,18,22H,1-4,12H2,(H,28,29). The Hall–Kier alpha value is -3.04. The number of carboxylic acids is 1. The number of aromatic carboxylic acids is 1. The van der Waals surface area contributed by atoms with Gasteiger partial charge in [0.25, 0.3) is 0 Å². The van der Waals surface area contributed by atoms with E-state index < -0.39 is 5.97 Å². The van der Waals surface area contributed by atoms with Crippen LogP contribution in [0.3, 0.4) is 0 Å². The van der Waals surface area contributed by atoms with E-state index >= 15 is 0 Å². The molecule has 0 bridgehead atoms. The number of benzene rings is 2. The van der Waals surface area contributed by atoms with Gasteiger partial charge in [-0.3, -0.25) is 5.01 Å². The molecule has 6 nitrogen and oxygen atoms in total. The summed E-state index contributed by atoms with van der Waals surface area (Å²) in [7, 11) is 0. The van der Waals surface area contributed by atoms with E-state index in [1.54, 1.807) is 30.3 Å². The lowest BCUT2D eigenvalue weighted by Crippen LogP contribution is -2.43. The number of rotatable bonds is 3. The first-order chi connectivity index (χ1) is 14.6. The number of anilines is 1. The summed E-state index contributed by atoms with van der Waals surface area (Å²) < 4.78 is 6.02. The zero-order chi connectivity index (χ0) is 20.8. The predicted octanol–water partition coefficient (Wildman–Crippen LogP) is 4.70. The molecule has 2 atom stereocenters. The maximum Gasteiger partial charge on any atom is 0.335 e. The van der Waals surface area contributed by atoms with Crippen molar-refractivity contribution in [3.8, 4) is 11.8 Å². The molecule has 0 amide bonds. The molecule has 1 aliphatic carbocycles. The van der Waals surface area contributed by atoms with Gasteiger partial charge >= 0.3 is 5.97 Å². The Morgan fingerprint density at radius 3 is 2.73 bits per heavy atom. The third-order valence-electron chi connectivity index (χ3n) is 6.40. The molecule has 2 heterocycles. The van der Waals surface area contributed by atoms with Crippen molar-refractivity contribution in [2.45, 2.75) is 31.7 Å². The molecule has 1 N–H and O–H groups in total. The third kappa shape index (κ3) is 3.01. The van der Waals surface area contributed by atoms with E-state index in [1.807, 2.05) is 11.1 Å². The highest BCUT2D eigenvalue weighted by Gasteiger charge is 2.46. The lowest BCUT2D eigenvalue weighted by atomic mass is 9.81. The van der Waals surface area contributed by atoms with Crippen LogP contribution in [0.1, 0.15) is 47.2 Å². The minimum absolute atomic E-state index is 0.102. The average Bonchev–Trinajstić information content (AvgIpc) is 3.40. The fourth-order valence-electron chi connectivity index (χ4n) is 4.98. The number of fused-ring (bicyclic) bond motifs is 3. The van der Waals surface area contributed by atoms with Crippen LogP contribution in [0.15, 0.2) is 41.5 Å². The van der Waals surface area contributed by atoms with Gasteiger partial charge in [-0.1, -0.05) is 24.4 Å². The summed E-state index contributed by atoms with van der Waals surface area (Å²) in [6, 6.07) is 12.6. The maximum atomic E-state index is 11.3. The summed E-state index contributed by atoms with van der Waals surface area (Å²) in [5.41, 5.74) is 3.29. The van der Waals surface area contributed by atoms with Crippen LogP contribution in [-0.2, 0) is 0 Å². The van der Waals surface area contributed by atoms with E-state index in [0.29, 0.717) is 28.9 Å². The second-order valence-electron chi connectivity index (χ2n) is 8.07. The molecule has 30 heavy (non-hydrogen) atoms.